The second kappa shape index (κ2) is 20.0. The van der Waals surface area contributed by atoms with Gasteiger partial charge in [-0.15, -0.1) is 0 Å². The Hall–Kier alpha value is -0.790. The summed E-state index contributed by atoms with van der Waals surface area (Å²) < 4.78 is 0. The van der Waals surface area contributed by atoms with Crippen LogP contribution in [0.1, 0.15) is 136 Å². The average molecular weight is 381 g/mol. The molecule has 0 spiro atoms. The van der Waals surface area contributed by atoms with Crippen LogP contribution in [0.15, 0.2) is 12.2 Å². The van der Waals surface area contributed by atoms with Gasteiger partial charge in [0.05, 0.1) is 5.92 Å². The van der Waals surface area contributed by atoms with E-state index in [2.05, 4.69) is 13.5 Å². The molecular weight excluding hydrogens is 332 g/mol. The average Bonchev–Trinajstić information content (AvgIpc) is 2.63. The van der Waals surface area contributed by atoms with E-state index in [-0.39, 0.29) is 5.92 Å². The monoisotopic (exact) mass is 380 g/mol. The molecule has 0 aromatic carbocycles. The Kier molecular flexibility index (Phi) is 19.4. The van der Waals surface area contributed by atoms with E-state index in [1.165, 1.54) is 103 Å². The number of carboxylic acids is 1. The lowest BCUT2D eigenvalue weighted by Gasteiger charge is -2.11. The maximum absolute atomic E-state index is 11.1. The molecule has 2 nitrogen and oxygen atoms in total. The Bertz CT molecular complexity index is 334. The minimum atomic E-state index is -0.713. The Balaban J connectivity index is 3.19. The van der Waals surface area contributed by atoms with Gasteiger partial charge in [-0.1, -0.05) is 135 Å². The van der Waals surface area contributed by atoms with Crippen molar-refractivity contribution in [2.75, 3.05) is 0 Å². The van der Waals surface area contributed by atoms with Gasteiger partial charge in [0, 0.05) is 0 Å². The summed E-state index contributed by atoms with van der Waals surface area (Å²) in [5.41, 5.74) is 0.787. The van der Waals surface area contributed by atoms with Crippen LogP contribution >= 0.6 is 0 Å². The molecule has 0 aliphatic rings. The zero-order valence-corrected chi connectivity index (χ0v) is 18.6. The molecule has 27 heavy (non-hydrogen) atoms. The summed E-state index contributed by atoms with van der Waals surface area (Å²) in [5, 5.41) is 9.13. The summed E-state index contributed by atoms with van der Waals surface area (Å²) in [6.45, 7) is 7.90. The third kappa shape index (κ3) is 18.3. The molecule has 160 valence electrons. The van der Waals surface area contributed by atoms with Crippen LogP contribution in [0.4, 0.5) is 0 Å². The molecule has 0 saturated heterocycles. The minimum absolute atomic E-state index is 0.342. The highest BCUT2D eigenvalue weighted by atomic mass is 16.4. The molecule has 0 bridgehead atoms. The molecule has 0 amide bonds. The highest BCUT2D eigenvalue weighted by Gasteiger charge is 2.16. The highest BCUT2D eigenvalue weighted by Crippen LogP contribution is 2.19. The van der Waals surface area contributed by atoms with Crippen LogP contribution in [0.25, 0.3) is 0 Å². The van der Waals surface area contributed by atoms with Gasteiger partial charge in [-0.2, -0.15) is 0 Å². The number of hydrogen-bond acceptors (Lipinski definition) is 1. The van der Waals surface area contributed by atoms with Crippen molar-refractivity contribution in [3.63, 3.8) is 0 Å². The van der Waals surface area contributed by atoms with E-state index in [4.69, 9.17) is 5.11 Å². The molecule has 1 N–H and O–H groups in total. The zero-order valence-electron chi connectivity index (χ0n) is 18.6. The van der Waals surface area contributed by atoms with Crippen molar-refractivity contribution < 1.29 is 9.90 Å². The number of unbranched alkanes of at least 4 members (excludes halogenated alkanes) is 17. The van der Waals surface area contributed by atoms with E-state index in [1.54, 1.807) is 0 Å². The van der Waals surface area contributed by atoms with Gasteiger partial charge < -0.3 is 5.11 Å². The Labute approximate surface area is 170 Å². The molecule has 1 unspecified atom stereocenters. The Morgan fingerprint density at radius 2 is 0.963 bits per heavy atom. The third-order valence-electron chi connectivity index (χ3n) is 5.74. The molecule has 0 aliphatic carbocycles. The van der Waals surface area contributed by atoms with E-state index >= 15 is 0 Å². The van der Waals surface area contributed by atoms with E-state index in [9.17, 15) is 4.79 Å². The predicted octanol–water partition coefficient (Wildman–Crippen LogP) is 8.70. The van der Waals surface area contributed by atoms with Gasteiger partial charge in [0.1, 0.15) is 0 Å². The van der Waals surface area contributed by atoms with Gasteiger partial charge in [0.2, 0.25) is 0 Å². The number of hydrogen-bond donors (Lipinski definition) is 1. The van der Waals surface area contributed by atoms with Crippen molar-refractivity contribution in [3.05, 3.63) is 12.2 Å². The molecule has 0 heterocycles. The molecule has 0 radical (unpaired) electrons. The van der Waals surface area contributed by atoms with E-state index in [0.29, 0.717) is 0 Å². The molecule has 1 atom stereocenters. The first-order chi connectivity index (χ1) is 13.1. The lowest BCUT2D eigenvalue weighted by Crippen LogP contribution is -2.14. The fourth-order valence-electron chi connectivity index (χ4n) is 3.83. The number of rotatable bonds is 21. The fraction of sp³-hybridized carbons (Fsp3) is 0.880. The highest BCUT2D eigenvalue weighted by molar-refractivity contribution is 5.73. The number of aliphatic carboxylic acids is 1. The lowest BCUT2D eigenvalue weighted by molar-refractivity contribution is -0.140. The minimum Gasteiger partial charge on any atom is -0.481 e. The molecular formula is C25H48O2. The van der Waals surface area contributed by atoms with E-state index in [1.807, 2.05) is 6.92 Å². The SMILES string of the molecule is C=C(C)C(CCCCCCCCCCCCCCCCCCCC)C(=O)O. The Morgan fingerprint density at radius 3 is 1.22 bits per heavy atom. The molecule has 0 aliphatic heterocycles. The summed E-state index contributed by atoms with van der Waals surface area (Å²) in [6.07, 6.45) is 25.3. The normalized spacial score (nSPS) is 12.2. The van der Waals surface area contributed by atoms with Crippen molar-refractivity contribution >= 4 is 5.97 Å². The summed E-state index contributed by atoms with van der Waals surface area (Å²) in [4.78, 5) is 11.1. The molecule has 0 aromatic rings. The van der Waals surface area contributed by atoms with Crippen molar-refractivity contribution in [3.8, 4) is 0 Å². The molecule has 0 aromatic heterocycles. The van der Waals surface area contributed by atoms with E-state index in [0.717, 1.165) is 24.8 Å². The maximum Gasteiger partial charge on any atom is 0.310 e. The first-order valence-electron chi connectivity index (χ1n) is 12.0. The quantitative estimate of drug-likeness (QED) is 0.160. The number of carboxylic acid groups (broad SMARTS) is 1. The summed E-state index contributed by atoms with van der Waals surface area (Å²) >= 11 is 0. The van der Waals surface area contributed by atoms with Gasteiger partial charge in [-0.25, -0.2) is 0 Å². The third-order valence-corrected chi connectivity index (χ3v) is 5.74. The van der Waals surface area contributed by atoms with E-state index < -0.39 is 5.97 Å². The number of carbonyl (C=O) groups is 1. The second-order valence-corrected chi connectivity index (χ2v) is 8.54. The van der Waals surface area contributed by atoms with Crippen molar-refractivity contribution in [2.24, 2.45) is 5.92 Å². The largest absolute Gasteiger partial charge is 0.481 e. The van der Waals surface area contributed by atoms with Crippen molar-refractivity contribution in [2.45, 2.75) is 136 Å². The summed E-state index contributed by atoms with van der Waals surface area (Å²) in [5.74, 6) is -1.06. The zero-order chi connectivity index (χ0) is 20.2. The summed E-state index contributed by atoms with van der Waals surface area (Å²) in [6, 6.07) is 0. The molecule has 0 rings (SSSR count). The van der Waals surface area contributed by atoms with Crippen LogP contribution in [0.3, 0.4) is 0 Å². The molecule has 0 saturated carbocycles. The summed E-state index contributed by atoms with van der Waals surface area (Å²) in [7, 11) is 0. The Morgan fingerprint density at radius 1 is 0.667 bits per heavy atom. The molecule has 2 heteroatoms. The van der Waals surface area contributed by atoms with Crippen LogP contribution in [-0.4, -0.2) is 11.1 Å². The molecule has 0 fully saturated rings. The smallest absolute Gasteiger partial charge is 0.310 e. The van der Waals surface area contributed by atoms with Crippen LogP contribution in [0.5, 0.6) is 0 Å². The first-order valence-corrected chi connectivity index (χ1v) is 12.0. The van der Waals surface area contributed by atoms with Crippen LogP contribution < -0.4 is 0 Å². The standard InChI is InChI=1S/C25H48O2/c1-4-5-6-7-8-9-10-11-12-13-14-15-16-17-18-19-20-21-22-24(23(2)3)25(26)27/h24H,2,4-22H2,1,3H3,(H,26,27). The first kappa shape index (κ1) is 26.2. The lowest BCUT2D eigenvalue weighted by atomic mass is 9.94. The van der Waals surface area contributed by atoms with Gasteiger partial charge in [0.25, 0.3) is 0 Å². The van der Waals surface area contributed by atoms with Gasteiger partial charge in [0.15, 0.2) is 0 Å². The maximum atomic E-state index is 11.1. The van der Waals surface area contributed by atoms with Crippen LogP contribution in [0, 0.1) is 5.92 Å². The topological polar surface area (TPSA) is 37.3 Å². The second-order valence-electron chi connectivity index (χ2n) is 8.54. The fourth-order valence-corrected chi connectivity index (χ4v) is 3.83. The van der Waals surface area contributed by atoms with Crippen molar-refractivity contribution in [1.29, 1.82) is 0 Å². The van der Waals surface area contributed by atoms with Gasteiger partial charge in [-0.3, -0.25) is 4.79 Å². The predicted molar refractivity (Wildman–Crippen MR) is 119 cm³/mol. The van der Waals surface area contributed by atoms with Crippen molar-refractivity contribution in [1.82, 2.24) is 0 Å². The van der Waals surface area contributed by atoms with Crippen LogP contribution in [0.2, 0.25) is 0 Å². The van der Waals surface area contributed by atoms with Gasteiger partial charge >= 0.3 is 5.97 Å². The van der Waals surface area contributed by atoms with Crippen LogP contribution in [-0.2, 0) is 4.79 Å². The van der Waals surface area contributed by atoms with Gasteiger partial charge in [-0.05, 0) is 13.3 Å².